The molecule has 8 heteroatoms. The van der Waals surface area contributed by atoms with Gasteiger partial charge < -0.3 is 29.6 Å². The molecule has 1 rings (SSSR count). The number of guanidine groups is 1. The molecule has 2 N–H and O–H groups in total. The number of aliphatic imine (C=N–C) groups is 1. The van der Waals surface area contributed by atoms with Gasteiger partial charge in [-0.2, -0.15) is 0 Å². The number of hydrogen-bond donors (Lipinski definition) is 2. The zero-order chi connectivity index (χ0) is 21.2. The number of benzene rings is 1. The van der Waals surface area contributed by atoms with Crippen LogP contribution in [-0.2, 0) is 11.2 Å². The van der Waals surface area contributed by atoms with Crippen LogP contribution in [0.5, 0.6) is 17.2 Å². The van der Waals surface area contributed by atoms with Crippen molar-refractivity contribution in [3.63, 3.8) is 0 Å². The van der Waals surface area contributed by atoms with Gasteiger partial charge >= 0.3 is 0 Å². The molecule has 0 aliphatic rings. The second kappa shape index (κ2) is 13.7. The lowest BCUT2D eigenvalue weighted by molar-refractivity contribution is 0.0241. The highest BCUT2D eigenvalue weighted by molar-refractivity contribution is 14.0. The van der Waals surface area contributed by atoms with Crippen molar-refractivity contribution in [2.45, 2.75) is 40.2 Å². The summed E-state index contributed by atoms with van der Waals surface area (Å²) in [4.78, 5) is 4.68. The Morgan fingerprint density at radius 2 is 1.59 bits per heavy atom. The van der Waals surface area contributed by atoms with Gasteiger partial charge in [-0.25, -0.2) is 0 Å². The molecule has 0 fully saturated rings. The second-order valence-corrected chi connectivity index (χ2v) is 7.50. The molecule has 7 nitrogen and oxygen atoms in total. The predicted octanol–water partition coefficient (Wildman–Crippen LogP) is 3.49. The fourth-order valence-electron chi connectivity index (χ4n) is 2.85. The molecule has 1 unspecified atom stereocenters. The lowest BCUT2D eigenvalue weighted by Crippen LogP contribution is -2.40. The molecule has 1 atom stereocenters. The van der Waals surface area contributed by atoms with Gasteiger partial charge in [-0.3, -0.25) is 4.99 Å². The average Bonchev–Trinajstić information content (AvgIpc) is 2.66. The molecule has 1 aromatic rings. The van der Waals surface area contributed by atoms with Crippen molar-refractivity contribution in [1.29, 1.82) is 0 Å². The van der Waals surface area contributed by atoms with Crippen molar-refractivity contribution in [2.75, 3.05) is 48.1 Å². The van der Waals surface area contributed by atoms with E-state index < -0.39 is 0 Å². The minimum atomic E-state index is 0. The van der Waals surface area contributed by atoms with E-state index in [2.05, 4.69) is 36.4 Å². The fraction of sp³-hybridized carbons (Fsp3) is 0.667. The molecule has 0 aliphatic carbocycles. The van der Waals surface area contributed by atoms with E-state index in [1.807, 2.05) is 19.1 Å². The van der Waals surface area contributed by atoms with E-state index in [0.717, 1.165) is 29.6 Å². The van der Waals surface area contributed by atoms with Crippen LogP contribution in [0.2, 0.25) is 0 Å². The van der Waals surface area contributed by atoms with Gasteiger partial charge in [0.25, 0.3) is 0 Å². The average molecular weight is 523 g/mol. The highest BCUT2D eigenvalue weighted by atomic mass is 127. The van der Waals surface area contributed by atoms with Crippen molar-refractivity contribution in [2.24, 2.45) is 10.4 Å². The van der Waals surface area contributed by atoms with Gasteiger partial charge in [0.05, 0.1) is 34.0 Å². The summed E-state index contributed by atoms with van der Waals surface area (Å²) >= 11 is 0. The van der Waals surface area contributed by atoms with E-state index in [1.54, 1.807) is 28.4 Å². The van der Waals surface area contributed by atoms with Gasteiger partial charge in [0.2, 0.25) is 0 Å². The molecule has 0 bridgehead atoms. The Bertz CT molecular complexity index is 608. The van der Waals surface area contributed by atoms with Crippen LogP contribution in [0.15, 0.2) is 17.1 Å². The van der Waals surface area contributed by atoms with Gasteiger partial charge in [-0.15, -0.1) is 24.0 Å². The number of rotatable bonds is 10. The molecule has 0 spiro atoms. The molecule has 0 heterocycles. The second-order valence-electron chi connectivity index (χ2n) is 7.50. The quantitative estimate of drug-likeness (QED) is 0.278. The van der Waals surface area contributed by atoms with Crippen molar-refractivity contribution in [1.82, 2.24) is 10.6 Å². The Balaban J connectivity index is 0.00000784. The molecule has 0 aromatic heterocycles. The molecule has 0 amide bonds. The summed E-state index contributed by atoms with van der Waals surface area (Å²) in [5.41, 5.74) is 1.01. The summed E-state index contributed by atoms with van der Waals surface area (Å²) in [7, 11) is 6.65. The maximum atomic E-state index is 5.59. The molecular weight excluding hydrogens is 485 g/mol. The van der Waals surface area contributed by atoms with Crippen molar-refractivity contribution >= 4 is 29.9 Å². The number of nitrogens with zero attached hydrogens (tertiary/aromatic N) is 1. The summed E-state index contributed by atoms with van der Waals surface area (Å²) < 4.78 is 21.9. The standard InChI is InChI=1S/C21H37N3O4.HI/c1-9-22-20(24-14-19(28-8)21(2,3)4)23-11-10-16-17(26-6)12-15(25-5)13-18(16)27-7;/h12-13,19H,9-11,14H2,1-8H3,(H2,22,23,24);1H. The van der Waals surface area contributed by atoms with E-state index in [9.17, 15) is 0 Å². The molecule has 0 saturated heterocycles. The number of ether oxygens (including phenoxy) is 4. The van der Waals surface area contributed by atoms with Crippen molar-refractivity contribution < 1.29 is 18.9 Å². The fourth-order valence-corrected chi connectivity index (χ4v) is 2.85. The first kappa shape index (κ1) is 27.6. The topological polar surface area (TPSA) is 73.3 Å². The monoisotopic (exact) mass is 523 g/mol. The van der Waals surface area contributed by atoms with Crippen LogP contribution in [0.25, 0.3) is 0 Å². The molecule has 1 aromatic carbocycles. The molecule has 29 heavy (non-hydrogen) atoms. The van der Waals surface area contributed by atoms with Crippen LogP contribution in [0.3, 0.4) is 0 Å². The SMILES string of the molecule is CCNC(=NCC(OC)C(C)(C)C)NCCc1c(OC)cc(OC)cc1OC.I. The van der Waals surface area contributed by atoms with Crippen LogP contribution in [0, 0.1) is 5.41 Å². The smallest absolute Gasteiger partial charge is 0.191 e. The molecule has 0 radical (unpaired) electrons. The largest absolute Gasteiger partial charge is 0.496 e. The Morgan fingerprint density at radius 3 is 2.00 bits per heavy atom. The summed E-state index contributed by atoms with van der Waals surface area (Å²) in [6.07, 6.45) is 0.762. The third-order valence-electron chi connectivity index (χ3n) is 4.49. The Hall–Kier alpha value is -1.42. The van der Waals surface area contributed by atoms with Gasteiger partial charge in [0.15, 0.2) is 5.96 Å². The summed E-state index contributed by atoms with van der Waals surface area (Å²) in [6, 6.07) is 3.73. The van der Waals surface area contributed by atoms with Gasteiger partial charge in [0.1, 0.15) is 17.2 Å². The predicted molar refractivity (Wildman–Crippen MR) is 129 cm³/mol. The summed E-state index contributed by atoms with van der Waals surface area (Å²) in [6.45, 7) is 10.6. The lowest BCUT2D eigenvalue weighted by Gasteiger charge is -2.28. The lowest BCUT2D eigenvalue weighted by atomic mass is 9.89. The zero-order valence-electron chi connectivity index (χ0n) is 19.0. The third kappa shape index (κ3) is 8.86. The first-order chi connectivity index (χ1) is 13.3. The maximum absolute atomic E-state index is 5.59. The van der Waals surface area contributed by atoms with E-state index in [0.29, 0.717) is 25.3 Å². The first-order valence-electron chi connectivity index (χ1n) is 9.64. The van der Waals surface area contributed by atoms with E-state index in [-0.39, 0.29) is 35.5 Å². The van der Waals surface area contributed by atoms with Gasteiger partial charge in [0, 0.05) is 37.9 Å². The minimum absolute atomic E-state index is 0. The van der Waals surface area contributed by atoms with Crippen LogP contribution in [0.4, 0.5) is 0 Å². The van der Waals surface area contributed by atoms with Crippen LogP contribution < -0.4 is 24.8 Å². The molecule has 0 saturated carbocycles. The van der Waals surface area contributed by atoms with Crippen molar-refractivity contribution in [3.8, 4) is 17.2 Å². The van der Waals surface area contributed by atoms with Gasteiger partial charge in [-0.05, 0) is 18.8 Å². The van der Waals surface area contributed by atoms with Gasteiger partial charge in [-0.1, -0.05) is 20.8 Å². The summed E-state index contributed by atoms with van der Waals surface area (Å²) in [5.74, 6) is 2.95. The van der Waals surface area contributed by atoms with E-state index in [4.69, 9.17) is 18.9 Å². The Labute approximate surface area is 192 Å². The van der Waals surface area contributed by atoms with E-state index in [1.165, 1.54) is 0 Å². The van der Waals surface area contributed by atoms with Crippen molar-refractivity contribution in [3.05, 3.63) is 17.7 Å². The van der Waals surface area contributed by atoms with Crippen LogP contribution >= 0.6 is 24.0 Å². The number of halogens is 1. The molecule has 168 valence electrons. The Kier molecular flexibility index (Phi) is 13.1. The summed E-state index contributed by atoms with van der Waals surface area (Å²) in [5, 5.41) is 6.65. The van der Waals surface area contributed by atoms with Crippen LogP contribution in [-0.4, -0.2) is 60.1 Å². The minimum Gasteiger partial charge on any atom is -0.496 e. The normalized spacial score (nSPS) is 12.6. The van der Waals surface area contributed by atoms with Crippen LogP contribution in [0.1, 0.15) is 33.3 Å². The molecular formula is C21H38IN3O4. The number of hydrogen-bond acceptors (Lipinski definition) is 5. The van der Waals surface area contributed by atoms with E-state index >= 15 is 0 Å². The highest BCUT2D eigenvalue weighted by Gasteiger charge is 2.24. The number of methoxy groups -OCH3 is 4. The number of nitrogens with one attached hydrogen (secondary N) is 2. The molecule has 0 aliphatic heterocycles. The third-order valence-corrected chi connectivity index (χ3v) is 4.49. The maximum Gasteiger partial charge on any atom is 0.191 e. The first-order valence-corrected chi connectivity index (χ1v) is 9.64. The highest BCUT2D eigenvalue weighted by Crippen LogP contribution is 2.34. The zero-order valence-corrected chi connectivity index (χ0v) is 21.4. The Morgan fingerprint density at radius 1 is 1.00 bits per heavy atom.